The minimum absolute atomic E-state index is 0.00414. The highest BCUT2D eigenvalue weighted by Crippen LogP contribution is 2.35. The average Bonchev–Trinajstić information content (AvgIpc) is 3.38. The van der Waals surface area contributed by atoms with Crippen LogP contribution in [0.2, 0.25) is 0 Å². The van der Waals surface area contributed by atoms with E-state index in [2.05, 4.69) is 5.10 Å². The highest BCUT2D eigenvalue weighted by atomic mass is 32.2. The monoisotopic (exact) mass is 371 g/mol. The fourth-order valence-electron chi connectivity index (χ4n) is 3.46. The zero-order valence-corrected chi connectivity index (χ0v) is 16.2. The molecule has 1 aromatic heterocycles. The molecule has 0 amide bonds. The van der Waals surface area contributed by atoms with Gasteiger partial charge >= 0.3 is 5.69 Å². The maximum Gasteiger partial charge on any atom is 0.345 e. The second kappa shape index (κ2) is 7.20. The van der Waals surface area contributed by atoms with Crippen LogP contribution >= 0.6 is 0 Å². The maximum absolute atomic E-state index is 12.6. The molecule has 1 aliphatic heterocycles. The van der Waals surface area contributed by atoms with Crippen LogP contribution < -0.4 is 5.69 Å². The molecule has 25 heavy (non-hydrogen) atoms. The van der Waals surface area contributed by atoms with Gasteiger partial charge in [0.25, 0.3) is 0 Å². The first kappa shape index (κ1) is 18.6. The van der Waals surface area contributed by atoms with Gasteiger partial charge in [-0.2, -0.15) is 5.10 Å². The summed E-state index contributed by atoms with van der Waals surface area (Å²) >= 11 is 0. The molecule has 1 atom stereocenters. The molecule has 0 radical (unpaired) electrons. The average molecular weight is 372 g/mol. The van der Waals surface area contributed by atoms with Crippen molar-refractivity contribution in [3.05, 3.63) is 16.3 Å². The van der Waals surface area contributed by atoms with Crippen molar-refractivity contribution in [1.29, 1.82) is 0 Å². The molecule has 0 unspecified atom stereocenters. The smallest absolute Gasteiger partial charge is 0.308 e. The largest absolute Gasteiger partial charge is 0.345 e. The van der Waals surface area contributed by atoms with E-state index in [1.54, 1.807) is 8.87 Å². The molecule has 142 valence electrons. The number of rotatable bonds is 7. The summed E-state index contributed by atoms with van der Waals surface area (Å²) in [4.78, 5) is 14.6. The van der Waals surface area contributed by atoms with Gasteiger partial charge in [0.1, 0.15) is 5.82 Å². The molecule has 0 bridgehead atoms. The van der Waals surface area contributed by atoms with E-state index in [1.807, 2.05) is 25.9 Å². The van der Waals surface area contributed by atoms with Gasteiger partial charge in [-0.25, -0.2) is 22.2 Å². The van der Waals surface area contributed by atoms with Crippen LogP contribution in [0.3, 0.4) is 0 Å². The van der Waals surface area contributed by atoms with Crippen molar-refractivity contribution in [2.75, 3.05) is 33.7 Å². The summed E-state index contributed by atoms with van der Waals surface area (Å²) in [6.45, 7) is 4.82. The lowest BCUT2D eigenvalue weighted by Crippen LogP contribution is -2.41. The number of nitrogens with zero attached hydrogens (tertiary/aromatic N) is 5. The highest BCUT2D eigenvalue weighted by Gasteiger charge is 2.42. The zero-order chi connectivity index (χ0) is 18.2. The van der Waals surface area contributed by atoms with Crippen LogP contribution in [0.25, 0.3) is 0 Å². The lowest BCUT2D eigenvalue weighted by atomic mass is 9.99. The zero-order valence-electron chi connectivity index (χ0n) is 15.4. The molecule has 0 N–H and O–H groups in total. The third-order valence-corrected chi connectivity index (χ3v) is 7.45. The van der Waals surface area contributed by atoms with Crippen molar-refractivity contribution < 1.29 is 8.42 Å². The second-order valence-electron chi connectivity index (χ2n) is 7.35. The van der Waals surface area contributed by atoms with Crippen LogP contribution in [0.4, 0.5) is 0 Å². The number of aromatic nitrogens is 3. The van der Waals surface area contributed by atoms with E-state index in [0.29, 0.717) is 26.2 Å². The lowest BCUT2D eigenvalue weighted by molar-refractivity contribution is 0.303. The fourth-order valence-corrected chi connectivity index (χ4v) is 5.38. The Labute approximate surface area is 149 Å². The van der Waals surface area contributed by atoms with E-state index in [0.717, 1.165) is 38.1 Å². The van der Waals surface area contributed by atoms with Gasteiger partial charge in [-0.15, -0.1) is 0 Å². The molecular formula is C16H29N5O3S. The first-order valence-corrected chi connectivity index (χ1v) is 10.7. The highest BCUT2D eigenvalue weighted by molar-refractivity contribution is 7.90. The predicted octanol–water partition coefficient (Wildman–Crippen LogP) is 0.298. The van der Waals surface area contributed by atoms with Crippen molar-refractivity contribution in [1.82, 2.24) is 23.6 Å². The van der Waals surface area contributed by atoms with Gasteiger partial charge in [0.05, 0.1) is 11.8 Å². The Kier molecular flexibility index (Phi) is 5.36. The Morgan fingerprint density at radius 3 is 2.56 bits per heavy atom. The molecule has 1 saturated carbocycles. The van der Waals surface area contributed by atoms with Gasteiger partial charge in [0.15, 0.2) is 0 Å². The Morgan fingerprint density at radius 1 is 1.24 bits per heavy atom. The van der Waals surface area contributed by atoms with Crippen molar-refractivity contribution in [3.8, 4) is 0 Å². The summed E-state index contributed by atoms with van der Waals surface area (Å²) in [6.07, 6.45) is 3.25. The SMILES string of the molecule is CCn1c([C@H]2CCCN(S(=O)(=O)C3CC3)C2)nn(CCN(C)C)c1=O. The first-order chi connectivity index (χ1) is 11.8. The van der Waals surface area contributed by atoms with E-state index in [1.165, 1.54) is 4.68 Å². The van der Waals surface area contributed by atoms with Crippen LogP contribution in [-0.2, 0) is 23.1 Å². The van der Waals surface area contributed by atoms with E-state index in [9.17, 15) is 13.2 Å². The Morgan fingerprint density at radius 2 is 1.96 bits per heavy atom. The molecule has 2 heterocycles. The van der Waals surface area contributed by atoms with Gasteiger partial charge in [-0.3, -0.25) is 4.57 Å². The molecule has 9 heteroatoms. The van der Waals surface area contributed by atoms with E-state index in [4.69, 9.17) is 0 Å². The molecule has 2 aliphatic rings. The number of hydrogen-bond acceptors (Lipinski definition) is 5. The minimum atomic E-state index is -3.17. The van der Waals surface area contributed by atoms with Gasteiger partial charge in [0.2, 0.25) is 10.0 Å². The summed E-state index contributed by atoms with van der Waals surface area (Å²) in [5.74, 6) is 0.734. The maximum atomic E-state index is 12.6. The van der Waals surface area contributed by atoms with Crippen molar-refractivity contribution >= 4 is 10.0 Å². The fraction of sp³-hybridized carbons (Fsp3) is 0.875. The molecule has 1 aliphatic carbocycles. The van der Waals surface area contributed by atoms with Crippen molar-refractivity contribution in [2.45, 2.75) is 56.9 Å². The van der Waals surface area contributed by atoms with Gasteiger partial charge in [-0.1, -0.05) is 0 Å². The molecule has 0 spiro atoms. The summed E-state index contributed by atoms with van der Waals surface area (Å²) in [5, 5.41) is 4.39. The van der Waals surface area contributed by atoms with E-state index in [-0.39, 0.29) is 16.9 Å². The summed E-state index contributed by atoms with van der Waals surface area (Å²) in [7, 11) is 0.756. The predicted molar refractivity (Wildman–Crippen MR) is 96.2 cm³/mol. The van der Waals surface area contributed by atoms with Crippen molar-refractivity contribution in [2.24, 2.45) is 0 Å². The van der Waals surface area contributed by atoms with Crippen LogP contribution in [0.1, 0.15) is 44.3 Å². The third kappa shape index (κ3) is 3.83. The number of piperidine rings is 1. The molecular weight excluding hydrogens is 342 g/mol. The molecule has 1 saturated heterocycles. The summed E-state index contributed by atoms with van der Waals surface area (Å²) in [5.41, 5.74) is -0.0958. The number of sulfonamides is 1. The van der Waals surface area contributed by atoms with Gasteiger partial charge < -0.3 is 4.90 Å². The lowest BCUT2D eigenvalue weighted by Gasteiger charge is -2.31. The summed E-state index contributed by atoms with van der Waals surface area (Å²) in [6, 6.07) is 0. The molecule has 3 rings (SSSR count). The first-order valence-electron chi connectivity index (χ1n) is 9.15. The Hall–Kier alpha value is -1.19. The minimum Gasteiger partial charge on any atom is -0.308 e. The third-order valence-electron chi connectivity index (χ3n) is 5.08. The normalized spacial score (nSPS) is 22.6. The van der Waals surface area contributed by atoms with Gasteiger partial charge in [0, 0.05) is 32.1 Å². The Bertz CT molecular complexity index is 763. The van der Waals surface area contributed by atoms with Crippen LogP contribution in [0.15, 0.2) is 4.79 Å². The van der Waals surface area contributed by atoms with E-state index < -0.39 is 10.0 Å². The number of hydrogen-bond donors (Lipinski definition) is 0. The molecule has 2 fully saturated rings. The summed E-state index contributed by atoms with van der Waals surface area (Å²) < 4.78 is 30.0. The topological polar surface area (TPSA) is 80.4 Å². The van der Waals surface area contributed by atoms with E-state index >= 15 is 0 Å². The van der Waals surface area contributed by atoms with Crippen LogP contribution in [-0.4, -0.2) is 71.0 Å². The second-order valence-corrected chi connectivity index (χ2v) is 9.57. The molecule has 1 aromatic rings. The Balaban J connectivity index is 1.82. The van der Waals surface area contributed by atoms with Gasteiger partial charge in [-0.05, 0) is 46.7 Å². The standard InChI is InChI=1S/C16H29N5O3S/c1-4-20-15(17-21(16(20)22)11-10-18(2)3)13-6-5-9-19(12-13)25(23,24)14-7-8-14/h13-14H,4-12H2,1-3H3/t13-/m0/s1. The quantitative estimate of drug-likeness (QED) is 0.689. The molecule has 8 nitrogen and oxygen atoms in total. The molecule has 0 aromatic carbocycles. The van der Waals surface area contributed by atoms with Crippen LogP contribution in [0.5, 0.6) is 0 Å². The number of likely N-dealkylation sites (N-methyl/N-ethyl adjacent to an activating group) is 1. The van der Waals surface area contributed by atoms with Crippen LogP contribution in [0, 0.1) is 0 Å². The van der Waals surface area contributed by atoms with Crippen molar-refractivity contribution in [3.63, 3.8) is 0 Å².